The molecule has 5 nitrogen and oxygen atoms in total. The van der Waals surface area contributed by atoms with Gasteiger partial charge >= 0.3 is 0 Å². The van der Waals surface area contributed by atoms with Crippen molar-refractivity contribution in [1.29, 1.82) is 0 Å². The van der Waals surface area contributed by atoms with Gasteiger partial charge in [0, 0.05) is 37.6 Å². The number of halogens is 2. The summed E-state index contributed by atoms with van der Waals surface area (Å²) in [5, 5.41) is 4.03. The maximum Gasteiger partial charge on any atom is 0.242 e. The van der Waals surface area contributed by atoms with Crippen molar-refractivity contribution in [1.82, 2.24) is 15.1 Å². The minimum atomic E-state index is -0.0372. The van der Waals surface area contributed by atoms with E-state index < -0.39 is 0 Å². The third-order valence-electron chi connectivity index (χ3n) is 5.04. The highest BCUT2D eigenvalue weighted by atomic mass is 35.5. The molecule has 0 radical (unpaired) electrons. The maximum absolute atomic E-state index is 12.9. The molecule has 7 heteroatoms. The van der Waals surface area contributed by atoms with Crippen molar-refractivity contribution in [2.45, 2.75) is 38.1 Å². The van der Waals surface area contributed by atoms with E-state index >= 15 is 0 Å². The van der Waals surface area contributed by atoms with Gasteiger partial charge in [0.25, 0.3) is 0 Å². The van der Waals surface area contributed by atoms with E-state index in [0.717, 1.165) is 37.8 Å². The Morgan fingerprint density at radius 2 is 2.00 bits per heavy atom. The summed E-state index contributed by atoms with van der Waals surface area (Å²) >= 11 is 6.12. The largest absolute Gasteiger partial charge is 0.333 e. The number of hydrogen-bond donors (Lipinski definition) is 1. The molecule has 2 aliphatic rings. The number of benzene rings is 1. The van der Waals surface area contributed by atoms with Gasteiger partial charge in [-0.15, -0.1) is 12.4 Å². The van der Waals surface area contributed by atoms with E-state index in [-0.39, 0.29) is 36.8 Å². The lowest BCUT2D eigenvalue weighted by molar-refractivity contribution is -0.143. The van der Waals surface area contributed by atoms with Crippen molar-refractivity contribution in [3.05, 3.63) is 34.9 Å². The molecule has 2 heterocycles. The van der Waals surface area contributed by atoms with Gasteiger partial charge in [0.1, 0.15) is 0 Å². The predicted molar refractivity (Wildman–Crippen MR) is 106 cm³/mol. The summed E-state index contributed by atoms with van der Waals surface area (Å²) < 4.78 is 0. The van der Waals surface area contributed by atoms with Crippen molar-refractivity contribution >= 4 is 35.8 Å². The molecule has 144 valence electrons. The Morgan fingerprint density at radius 3 is 2.81 bits per heavy atom. The lowest BCUT2D eigenvalue weighted by atomic mass is 10.0. The second-order valence-corrected chi connectivity index (χ2v) is 7.28. The molecule has 1 aromatic carbocycles. The van der Waals surface area contributed by atoms with Crippen LogP contribution in [0, 0.1) is 0 Å². The molecule has 0 aromatic heterocycles. The van der Waals surface area contributed by atoms with Gasteiger partial charge in [-0.05, 0) is 30.5 Å². The first-order valence-electron chi connectivity index (χ1n) is 9.18. The van der Waals surface area contributed by atoms with Crippen molar-refractivity contribution in [2.75, 3.05) is 32.7 Å². The lowest BCUT2D eigenvalue weighted by Crippen LogP contribution is -2.52. The number of nitrogens with zero attached hydrogens (tertiary/aromatic N) is 2. The van der Waals surface area contributed by atoms with Crippen molar-refractivity contribution in [2.24, 2.45) is 0 Å². The average molecular weight is 400 g/mol. The fraction of sp³-hybridized carbons (Fsp3) is 0.579. The first kappa shape index (κ1) is 21.0. The monoisotopic (exact) mass is 399 g/mol. The molecule has 0 spiro atoms. The van der Waals surface area contributed by atoms with Gasteiger partial charge < -0.3 is 15.1 Å². The van der Waals surface area contributed by atoms with E-state index in [0.29, 0.717) is 31.1 Å². The maximum atomic E-state index is 12.9. The molecule has 26 heavy (non-hydrogen) atoms. The minimum Gasteiger partial charge on any atom is -0.333 e. The number of carbonyl (C=O) groups is 2. The zero-order valence-electron chi connectivity index (χ0n) is 15.0. The summed E-state index contributed by atoms with van der Waals surface area (Å²) in [6.07, 6.45) is 4.73. The van der Waals surface area contributed by atoms with E-state index in [1.807, 2.05) is 29.2 Å². The smallest absolute Gasteiger partial charge is 0.242 e. The van der Waals surface area contributed by atoms with Crippen LogP contribution < -0.4 is 5.32 Å². The molecule has 0 bridgehead atoms. The van der Waals surface area contributed by atoms with Crippen LogP contribution in [0.3, 0.4) is 0 Å². The molecular weight excluding hydrogens is 373 g/mol. The first-order chi connectivity index (χ1) is 12.1. The number of nitrogens with one attached hydrogen (secondary N) is 1. The third-order valence-corrected chi connectivity index (χ3v) is 5.28. The summed E-state index contributed by atoms with van der Waals surface area (Å²) in [4.78, 5) is 28.9. The van der Waals surface area contributed by atoms with Crippen LogP contribution in [-0.2, 0) is 9.59 Å². The molecule has 3 rings (SSSR count). The number of carbonyl (C=O) groups excluding carboxylic acids is 2. The molecule has 1 unspecified atom stereocenters. The zero-order valence-corrected chi connectivity index (χ0v) is 16.5. The van der Waals surface area contributed by atoms with Gasteiger partial charge in [0.05, 0.1) is 12.6 Å². The van der Waals surface area contributed by atoms with Gasteiger partial charge in [0.15, 0.2) is 0 Å². The van der Waals surface area contributed by atoms with Crippen LogP contribution in [0.25, 0.3) is 0 Å². The highest BCUT2D eigenvalue weighted by Gasteiger charge is 2.30. The molecule has 0 aliphatic carbocycles. The van der Waals surface area contributed by atoms with Crippen LogP contribution in [0.4, 0.5) is 0 Å². The van der Waals surface area contributed by atoms with Crippen LogP contribution >= 0.6 is 24.0 Å². The van der Waals surface area contributed by atoms with Crippen molar-refractivity contribution in [3.63, 3.8) is 0 Å². The van der Waals surface area contributed by atoms with Gasteiger partial charge in [-0.2, -0.15) is 0 Å². The second-order valence-electron chi connectivity index (χ2n) is 6.84. The van der Waals surface area contributed by atoms with E-state index in [9.17, 15) is 9.59 Å². The van der Waals surface area contributed by atoms with Gasteiger partial charge in [-0.1, -0.05) is 36.6 Å². The molecule has 2 saturated heterocycles. The first-order valence-corrected chi connectivity index (χ1v) is 9.56. The van der Waals surface area contributed by atoms with E-state index in [2.05, 4.69) is 5.32 Å². The number of piperazine rings is 1. The summed E-state index contributed by atoms with van der Waals surface area (Å²) in [6, 6.07) is 7.64. The fourth-order valence-corrected chi connectivity index (χ4v) is 3.85. The Bertz CT molecular complexity index is 627. The molecular formula is C19H27Cl2N3O2. The Balaban J connectivity index is 0.00000243. The highest BCUT2D eigenvalue weighted by Crippen LogP contribution is 2.25. The van der Waals surface area contributed by atoms with Crippen molar-refractivity contribution < 1.29 is 9.59 Å². The predicted octanol–water partition coefficient (Wildman–Crippen LogP) is 3.03. The Morgan fingerprint density at radius 1 is 1.19 bits per heavy atom. The SMILES string of the molecule is Cl.O=C1CCCCCCN1CC(=O)N1CCNCC1c1cccc(Cl)c1. The van der Waals surface area contributed by atoms with Crippen LogP contribution in [0.15, 0.2) is 24.3 Å². The number of rotatable bonds is 3. The minimum absolute atomic E-state index is 0. The van der Waals surface area contributed by atoms with E-state index in [1.165, 1.54) is 0 Å². The lowest BCUT2D eigenvalue weighted by Gasteiger charge is -2.38. The number of likely N-dealkylation sites (tertiary alicyclic amines) is 1. The molecule has 1 N–H and O–H groups in total. The summed E-state index contributed by atoms with van der Waals surface area (Å²) in [6.45, 7) is 3.02. The normalized spacial score (nSPS) is 21.6. The summed E-state index contributed by atoms with van der Waals surface area (Å²) in [7, 11) is 0. The molecule has 2 amide bonds. The van der Waals surface area contributed by atoms with Crippen LogP contribution in [0.2, 0.25) is 5.02 Å². The zero-order chi connectivity index (χ0) is 17.6. The standard InChI is InChI=1S/C19H26ClN3O2.ClH/c20-16-7-5-6-15(12-16)17-13-21-9-11-23(17)19(25)14-22-10-4-2-1-3-8-18(22)24;/h5-7,12,17,21H,1-4,8-11,13-14H2;1H. The Hall–Kier alpha value is -1.30. The summed E-state index contributed by atoms with van der Waals surface area (Å²) in [5.41, 5.74) is 1.03. The summed E-state index contributed by atoms with van der Waals surface area (Å²) in [5.74, 6) is 0.142. The van der Waals surface area contributed by atoms with Crippen LogP contribution in [0.1, 0.15) is 43.7 Å². The Kier molecular flexibility index (Phi) is 8.19. The molecule has 0 saturated carbocycles. The number of hydrogen-bond acceptors (Lipinski definition) is 3. The second kappa shape index (κ2) is 10.1. The van der Waals surface area contributed by atoms with Gasteiger partial charge in [0.2, 0.25) is 11.8 Å². The quantitative estimate of drug-likeness (QED) is 0.849. The molecule has 2 aliphatic heterocycles. The van der Waals surface area contributed by atoms with Crippen LogP contribution in [0.5, 0.6) is 0 Å². The van der Waals surface area contributed by atoms with Gasteiger partial charge in [-0.25, -0.2) is 0 Å². The van der Waals surface area contributed by atoms with E-state index in [1.54, 1.807) is 4.90 Å². The molecule has 2 fully saturated rings. The number of amides is 2. The van der Waals surface area contributed by atoms with Crippen LogP contribution in [-0.4, -0.2) is 54.3 Å². The third kappa shape index (κ3) is 5.35. The van der Waals surface area contributed by atoms with Crippen molar-refractivity contribution in [3.8, 4) is 0 Å². The average Bonchev–Trinajstić information content (AvgIpc) is 2.61. The topological polar surface area (TPSA) is 52.7 Å². The van der Waals surface area contributed by atoms with E-state index in [4.69, 9.17) is 11.6 Å². The van der Waals surface area contributed by atoms with Gasteiger partial charge in [-0.3, -0.25) is 9.59 Å². The fourth-order valence-electron chi connectivity index (χ4n) is 3.65. The molecule has 1 atom stereocenters. The highest BCUT2D eigenvalue weighted by molar-refractivity contribution is 6.30. The molecule has 1 aromatic rings. The Labute approximate surface area is 166 Å².